The Morgan fingerprint density at radius 2 is 1.00 bits per heavy atom. The Balaban J connectivity index is 0. The van der Waals surface area contributed by atoms with Crippen molar-refractivity contribution in [3.63, 3.8) is 0 Å². The third-order valence-electron chi connectivity index (χ3n) is 3.03. The number of hydrogen-bond donors (Lipinski definition) is 0. The molecule has 0 amide bonds. The van der Waals surface area contributed by atoms with Crippen LogP contribution in [0.15, 0.2) is 0 Å². The summed E-state index contributed by atoms with van der Waals surface area (Å²) in [5.74, 6) is 0. The molecule has 0 aliphatic heterocycles. The summed E-state index contributed by atoms with van der Waals surface area (Å²) in [5, 5.41) is 0. The molecule has 0 aromatic rings. The molecular formula is C15H33Br. The number of unbranched alkanes of at least 4 members (excludes halogenated alkanes) is 8. The predicted molar refractivity (Wildman–Crippen MR) is 81.6 cm³/mol. The van der Waals surface area contributed by atoms with Crippen molar-refractivity contribution in [1.29, 1.82) is 0 Å². The molecule has 16 heavy (non-hydrogen) atoms. The zero-order chi connectivity index (χ0) is 11.6. The van der Waals surface area contributed by atoms with Gasteiger partial charge in [-0.3, -0.25) is 0 Å². The van der Waals surface area contributed by atoms with Crippen molar-refractivity contribution < 1.29 is 0 Å². The lowest BCUT2D eigenvalue weighted by atomic mass is 9.89. The van der Waals surface area contributed by atoms with Gasteiger partial charge in [0.1, 0.15) is 0 Å². The topological polar surface area (TPSA) is 0 Å². The molecule has 0 N–H and O–H groups in total. The maximum atomic E-state index is 2.34. The molecule has 1 heteroatoms. The van der Waals surface area contributed by atoms with Crippen LogP contribution in [0.25, 0.3) is 0 Å². The number of halogens is 1. The molecule has 0 rings (SSSR count). The molecule has 0 saturated heterocycles. The van der Waals surface area contributed by atoms with Crippen LogP contribution in [0.2, 0.25) is 0 Å². The maximum Gasteiger partial charge on any atom is -0.0383 e. The first kappa shape index (κ1) is 18.8. The van der Waals surface area contributed by atoms with Gasteiger partial charge in [-0.15, -0.1) is 17.0 Å². The second-order valence-electron chi connectivity index (χ2n) is 6.14. The van der Waals surface area contributed by atoms with Gasteiger partial charge in [0, 0.05) is 0 Å². The largest absolute Gasteiger partial charge is 0.114 e. The summed E-state index contributed by atoms with van der Waals surface area (Å²) < 4.78 is 0. The van der Waals surface area contributed by atoms with Crippen molar-refractivity contribution in [1.82, 2.24) is 0 Å². The third kappa shape index (κ3) is 16.9. The normalized spacial score (nSPS) is 11.2. The number of hydrogen-bond acceptors (Lipinski definition) is 0. The van der Waals surface area contributed by atoms with Crippen LogP contribution in [0.5, 0.6) is 0 Å². The van der Waals surface area contributed by atoms with Crippen LogP contribution in [0, 0.1) is 5.41 Å². The lowest BCUT2D eigenvalue weighted by Gasteiger charge is -2.17. The average Bonchev–Trinajstić information content (AvgIpc) is 2.14. The van der Waals surface area contributed by atoms with E-state index in [1.165, 1.54) is 64.2 Å². The molecule has 0 spiro atoms. The van der Waals surface area contributed by atoms with Crippen molar-refractivity contribution in [3.05, 3.63) is 0 Å². The van der Waals surface area contributed by atoms with E-state index in [0.29, 0.717) is 5.41 Å². The van der Waals surface area contributed by atoms with Crippen LogP contribution >= 0.6 is 17.0 Å². The van der Waals surface area contributed by atoms with Crippen molar-refractivity contribution in [2.45, 2.75) is 91.9 Å². The van der Waals surface area contributed by atoms with E-state index in [0.717, 1.165) is 0 Å². The van der Waals surface area contributed by atoms with Gasteiger partial charge in [-0.25, -0.2) is 0 Å². The fourth-order valence-electron chi connectivity index (χ4n) is 1.97. The van der Waals surface area contributed by atoms with E-state index in [1.54, 1.807) is 0 Å². The molecule has 0 unspecified atom stereocenters. The fourth-order valence-corrected chi connectivity index (χ4v) is 1.97. The quantitative estimate of drug-likeness (QED) is 0.424. The van der Waals surface area contributed by atoms with E-state index in [9.17, 15) is 0 Å². The van der Waals surface area contributed by atoms with E-state index in [2.05, 4.69) is 27.7 Å². The summed E-state index contributed by atoms with van der Waals surface area (Å²) in [4.78, 5) is 0. The predicted octanol–water partition coefficient (Wildman–Crippen LogP) is 6.53. The first-order chi connectivity index (χ1) is 7.06. The zero-order valence-corrected chi connectivity index (χ0v) is 13.7. The van der Waals surface area contributed by atoms with Gasteiger partial charge in [-0.05, 0) is 11.8 Å². The molecule has 0 nitrogen and oxygen atoms in total. The highest BCUT2D eigenvalue weighted by Gasteiger charge is 2.08. The van der Waals surface area contributed by atoms with Crippen LogP contribution < -0.4 is 0 Å². The molecule has 0 aliphatic rings. The summed E-state index contributed by atoms with van der Waals surface area (Å²) in [7, 11) is 0. The van der Waals surface area contributed by atoms with Crippen molar-refractivity contribution in [2.75, 3.05) is 0 Å². The third-order valence-corrected chi connectivity index (χ3v) is 3.03. The molecule has 0 heterocycles. The van der Waals surface area contributed by atoms with Gasteiger partial charge >= 0.3 is 0 Å². The molecule has 0 radical (unpaired) electrons. The van der Waals surface area contributed by atoms with Crippen molar-refractivity contribution in [2.24, 2.45) is 5.41 Å². The summed E-state index contributed by atoms with van der Waals surface area (Å²) in [5.41, 5.74) is 0.543. The van der Waals surface area contributed by atoms with Crippen molar-refractivity contribution >= 4 is 17.0 Å². The lowest BCUT2D eigenvalue weighted by molar-refractivity contribution is 0.356. The molecule has 0 bridgehead atoms. The van der Waals surface area contributed by atoms with E-state index in [-0.39, 0.29) is 17.0 Å². The van der Waals surface area contributed by atoms with Gasteiger partial charge < -0.3 is 0 Å². The highest BCUT2D eigenvalue weighted by Crippen LogP contribution is 2.22. The second kappa shape index (κ2) is 12.0. The molecule has 0 atom stereocenters. The van der Waals surface area contributed by atoms with Gasteiger partial charge in [-0.1, -0.05) is 85.5 Å². The van der Waals surface area contributed by atoms with E-state index in [4.69, 9.17) is 0 Å². The van der Waals surface area contributed by atoms with E-state index >= 15 is 0 Å². The summed E-state index contributed by atoms with van der Waals surface area (Å²) in [6.07, 6.45) is 14.4. The molecular weight excluding hydrogens is 260 g/mol. The Morgan fingerprint density at radius 3 is 1.38 bits per heavy atom. The minimum absolute atomic E-state index is 0. The Kier molecular flexibility index (Phi) is 14.1. The highest BCUT2D eigenvalue weighted by molar-refractivity contribution is 8.93. The molecule has 0 saturated carbocycles. The minimum Gasteiger partial charge on any atom is -0.114 e. The van der Waals surface area contributed by atoms with Crippen LogP contribution in [-0.2, 0) is 0 Å². The van der Waals surface area contributed by atoms with Crippen molar-refractivity contribution in [3.8, 4) is 0 Å². The highest BCUT2D eigenvalue weighted by atomic mass is 79.9. The van der Waals surface area contributed by atoms with Gasteiger partial charge in [0.15, 0.2) is 0 Å². The molecule has 0 aromatic carbocycles. The Bertz CT molecular complexity index is 124. The first-order valence-electron chi connectivity index (χ1n) is 7.06. The van der Waals surface area contributed by atoms with Gasteiger partial charge in [-0.2, -0.15) is 0 Å². The zero-order valence-electron chi connectivity index (χ0n) is 12.0. The molecule has 0 aromatic heterocycles. The Labute approximate surface area is 114 Å². The Hall–Kier alpha value is 0.480. The number of rotatable bonds is 9. The van der Waals surface area contributed by atoms with E-state index < -0.39 is 0 Å². The molecule has 100 valence electrons. The smallest absolute Gasteiger partial charge is 0.0383 e. The minimum atomic E-state index is 0. The average molecular weight is 293 g/mol. The van der Waals surface area contributed by atoms with Gasteiger partial charge in [0.05, 0.1) is 0 Å². The fraction of sp³-hybridized carbons (Fsp3) is 1.00. The monoisotopic (exact) mass is 292 g/mol. The van der Waals surface area contributed by atoms with Gasteiger partial charge in [0.25, 0.3) is 0 Å². The lowest BCUT2D eigenvalue weighted by Crippen LogP contribution is -2.03. The van der Waals surface area contributed by atoms with Crippen LogP contribution in [0.4, 0.5) is 0 Å². The SMILES string of the molecule is Br.CCCCCCCCCCCC(C)(C)C. The first-order valence-corrected chi connectivity index (χ1v) is 7.06. The van der Waals surface area contributed by atoms with E-state index in [1.807, 2.05) is 0 Å². The molecule has 0 fully saturated rings. The maximum absolute atomic E-state index is 2.34. The van der Waals surface area contributed by atoms with Crippen LogP contribution in [0.3, 0.4) is 0 Å². The summed E-state index contributed by atoms with van der Waals surface area (Å²) >= 11 is 0. The summed E-state index contributed by atoms with van der Waals surface area (Å²) in [6.45, 7) is 9.32. The Morgan fingerprint density at radius 1 is 0.625 bits per heavy atom. The second-order valence-corrected chi connectivity index (χ2v) is 6.14. The van der Waals surface area contributed by atoms with Gasteiger partial charge in [0.2, 0.25) is 0 Å². The van der Waals surface area contributed by atoms with Crippen LogP contribution in [0.1, 0.15) is 91.9 Å². The molecule has 0 aliphatic carbocycles. The standard InChI is InChI=1S/C15H32.BrH/c1-5-6-7-8-9-10-11-12-13-14-15(2,3)4;/h5-14H2,1-4H3;1H. The van der Waals surface area contributed by atoms with Crippen LogP contribution in [-0.4, -0.2) is 0 Å². The summed E-state index contributed by atoms with van der Waals surface area (Å²) in [6, 6.07) is 0.